The third kappa shape index (κ3) is 3.80. The molecule has 0 atom stereocenters. The van der Waals surface area contributed by atoms with E-state index in [1.807, 2.05) is 0 Å². The van der Waals surface area contributed by atoms with Crippen molar-refractivity contribution in [1.82, 2.24) is 0 Å². The topological polar surface area (TPSA) is 35.2 Å². The van der Waals surface area contributed by atoms with Gasteiger partial charge in [-0.3, -0.25) is 0 Å². The molecule has 0 aromatic heterocycles. The molecule has 0 unspecified atom stereocenters. The van der Waals surface area contributed by atoms with E-state index < -0.39 is 31.1 Å². The Labute approximate surface area is 98.3 Å². The highest BCUT2D eigenvalue weighted by Gasteiger charge is 2.57. The smallest absolute Gasteiger partial charge is 0.399 e. The summed E-state index contributed by atoms with van der Waals surface area (Å²) in [5.41, 5.74) is 5.36. The van der Waals surface area contributed by atoms with Crippen molar-refractivity contribution in [3.8, 4) is 0 Å². The van der Waals surface area contributed by atoms with Gasteiger partial charge in [-0.1, -0.05) is 0 Å². The molecule has 2 nitrogen and oxygen atoms in total. The van der Waals surface area contributed by atoms with Crippen LogP contribution in [-0.4, -0.2) is 18.7 Å². The minimum Gasteiger partial charge on any atom is -0.399 e. The van der Waals surface area contributed by atoms with Crippen LogP contribution in [0.1, 0.15) is 5.56 Å². The number of anilines is 1. The first-order chi connectivity index (χ1) is 8.12. The highest BCUT2D eigenvalue weighted by molar-refractivity contribution is 5.41. The molecule has 0 amide bonds. The Morgan fingerprint density at radius 1 is 1.06 bits per heavy atom. The predicted octanol–water partition coefficient (Wildman–Crippen LogP) is 3.12. The summed E-state index contributed by atoms with van der Waals surface area (Å²) in [5, 5.41) is 0. The Bertz CT molecular complexity index is 397. The third-order valence-electron chi connectivity index (χ3n) is 1.95. The molecule has 18 heavy (non-hydrogen) atoms. The maximum atomic E-state index is 12.8. The first kappa shape index (κ1) is 14.6. The maximum Gasteiger partial charge on any atom is 0.455 e. The molecule has 8 heteroatoms. The van der Waals surface area contributed by atoms with Gasteiger partial charge in [0.15, 0.2) is 0 Å². The van der Waals surface area contributed by atoms with Crippen LogP contribution in [0.3, 0.4) is 0 Å². The summed E-state index contributed by atoms with van der Waals surface area (Å²) in [7, 11) is 0. The molecule has 0 aliphatic carbocycles. The van der Waals surface area contributed by atoms with Gasteiger partial charge in [-0.15, -0.1) is 0 Å². The van der Waals surface area contributed by atoms with Crippen molar-refractivity contribution >= 4 is 5.69 Å². The number of nitrogen functional groups attached to an aromatic ring is 1. The molecule has 0 aliphatic rings. The Hall–Kier alpha value is -1.44. The molecule has 1 aromatic carbocycles. The molecule has 0 bridgehead atoms. The van der Waals surface area contributed by atoms with Gasteiger partial charge in [0.25, 0.3) is 0 Å². The van der Waals surface area contributed by atoms with E-state index in [1.54, 1.807) is 0 Å². The zero-order chi connectivity index (χ0) is 14.0. The highest BCUT2D eigenvalue weighted by atomic mass is 19.4. The zero-order valence-electron chi connectivity index (χ0n) is 8.90. The van der Waals surface area contributed by atoms with Crippen LogP contribution in [0, 0.1) is 5.82 Å². The summed E-state index contributed by atoms with van der Waals surface area (Å²) >= 11 is 0. The van der Waals surface area contributed by atoms with Gasteiger partial charge in [-0.2, -0.15) is 22.0 Å². The van der Waals surface area contributed by atoms with Crippen molar-refractivity contribution in [2.75, 3.05) is 12.3 Å². The summed E-state index contributed by atoms with van der Waals surface area (Å²) in [5.74, 6) is -5.66. The fraction of sp³-hybridized carbons (Fsp3) is 0.400. The molecule has 0 spiro atoms. The largest absolute Gasteiger partial charge is 0.455 e. The monoisotopic (exact) mass is 273 g/mol. The van der Waals surface area contributed by atoms with Gasteiger partial charge < -0.3 is 10.5 Å². The average molecular weight is 273 g/mol. The second-order valence-corrected chi connectivity index (χ2v) is 3.59. The van der Waals surface area contributed by atoms with Crippen molar-refractivity contribution in [3.63, 3.8) is 0 Å². The van der Waals surface area contributed by atoms with Crippen molar-refractivity contribution in [3.05, 3.63) is 29.6 Å². The Kier molecular flexibility index (Phi) is 4.10. The number of alkyl halides is 5. The number of hydrogen-bond donors (Lipinski definition) is 1. The van der Waals surface area contributed by atoms with Crippen molar-refractivity contribution < 1.29 is 31.1 Å². The lowest BCUT2D eigenvalue weighted by atomic mass is 10.2. The zero-order valence-corrected chi connectivity index (χ0v) is 8.90. The van der Waals surface area contributed by atoms with Crippen molar-refractivity contribution in [2.24, 2.45) is 0 Å². The number of hydrogen-bond acceptors (Lipinski definition) is 2. The molecule has 1 rings (SSSR count). The number of benzene rings is 1. The standard InChI is InChI=1S/C10H9F6NO/c11-7-1-6(2-8(17)3-7)4-18-5-9(12,13)10(14,15)16/h1-3H,4-5,17H2. The minimum atomic E-state index is -5.67. The lowest BCUT2D eigenvalue weighted by Crippen LogP contribution is -2.40. The number of rotatable bonds is 4. The summed E-state index contributed by atoms with van der Waals surface area (Å²) < 4.78 is 77.3. The fourth-order valence-electron chi connectivity index (χ4n) is 1.14. The Balaban J connectivity index is 2.57. The van der Waals surface area contributed by atoms with E-state index in [1.165, 1.54) is 6.07 Å². The minimum absolute atomic E-state index is 0.0242. The van der Waals surface area contributed by atoms with Gasteiger partial charge in [-0.25, -0.2) is 4.39 Å². The molecular formula is C10H9F6NO. The van der Waals surface area contributed by atoms with Crippen LogP contribution in [0.5, 0.6) is 0 Å². The number of halogens is 6. The first-order valence-electron chi connectivity index (χ1n) is 4.69. The second kappa shape index (κ2) is 5.05. The molecule has 0 aliphatic heterocycles. The van der Waals surface area contributed by atoms with Crippen LogP contribution >= 0.6 is 0 Å². The van der Waals surface area contributed by atoms with Gasteiger partial charge in [0.2, 0.25) is 0 Å². The summed E-state index contributed by atoms with van der Waals surface area (Å²) in [4.78, 5) is 0. The summed E-state index contributed by atoms with van der Waals surface area (Å²) in [6, 6.07) is 3.13. The van der Waals surface area contributed by atoms with E-state index in [0.29, 0.717) is 0 Å². The Morgan fingerprint density at radius 3 is 2.17 bits per heavy atom. The molecule has 0 radical (unpaired) electrons. The molecule has 0 saturated carbocycles. The van der Waals surface area contributed by atoms with Crippen molar-refractivity contribution in [2.45, 2.75) is 18.7 Å². The van der Waals surface area contributed by atoms with E-state index in [2.05, 4.69) is 4.74 Å². The summed E-state index contributed by atoms with van der Waals surface area (Å²) in [6.07, 6.45) is -5.67. The van der Waals surface area contributed by atoms with E-state index in [9.17, 15) is 26.3 Å². The van der Waals surface area contributed by atoms with Gasteiger partial charge >= 0.3 is 12.1 Å². The van der Waals surface area contributed by atoms with Gasteiger partial charge in [0, 0.05) is 5.69 Å². The summed E-state index contributed by atoms with van der Waals surface area (Å²) in [6.45, 7) is -2.42. The number of nitrogens with two attached hydrogens (primary N) is 1. The van der Waals surface area contributed by atoms with Gasteiger partial charge in [0.05, 0.1) is 6.61 Å². The van der Waals surface area contributed by atoms with Crippen LogP contribution in [0.25, 0.3) is 0 Å². The lowest BCUT2D eigenvalue weighted by molar-refractivity contribution is -0.297. The fourth-order valence-corrected chi connectivity index (χ4v) is 1.14. The van der Waals surface area contributed by atoms with Crippen LogP contribution in [0.2, 0.25) is 0 Å². The maximum absolute atomic E-state index is 12.8. The molecular weight excluding hydrogens is 264 g/mol. The molecule has 1 aromatic rings. The highest BCUT2D eigenvalue weighted by Crippen LogP contribution is 2.35. The average Bonchev–Trinajstić information content (AvgIpc) is 2.13. The third-order valence-corrected chi connectivity index (χ3v) is 1.95. The van der Waals surface area contributed by atoms with Crippen LogP contribution in [-0.2, 0) is 11.3 Å². The van der Waals surface area contributed by atoms with E-state index in [4.69, 9.17) is 5.73 Å². The quantitative estimate of drug-likeness (QED) is 0.675. The molecule has 0 heterocycles. The van der Waals surface area contributed by atoms with E-state index in [0.717, 1.165) is 12.1 Å². The van der Waals surface area contributed by atoms with Crippen LogP contribution in [0.15, 0.2) is 18.2 Å². The Morgan fingerprint density at radius 2 is 1.67 bits per heavy atom. The predicted molar refractivity (Wildman–Crippen MR) is 51.5 cm³/mol. The number of ether oxygens (including phenoxy) is 1. The van der Waals surface area contributed by atoms with E-state index >= 15 is 0 Å². The second-order valence-electron chi connectivity index (χ2n) is 3.59. The lowest BCUT2D eigenvalue weighted by Gasteiger charge is -2.19. The van der Waals surface area contributed by atoms with Gasteiger partial charge in [0.1, 0.15) is 12.4 Å². The van der Waals surface area contributed by atoms with Crippen LogP contribution < -0.4 is 5.73 Å². The van der Waals surface area contributed by atoms with E-state index in [-0.39, 0.29) is 11.3 Å². The van der Waals surface area contributed by atoms with Crippen molar-refractivity contribution in [1.29, 1.82) is 0 Å². The van der Waals surface area contributed by atoms with Gasteiger partial charge in [-0.05, 0) is 23.8 Å². The molecule has 0 fully saturated rings. The van der Waals surface area contributed by atoms with Crippen LogP contribution in [0.4, 0.5) is 32.0 Å². The molecule has 102 valence electrons. The normalized spacial score (nSPS) is 12.8. The molecule has 0 saturated heterocycles. The SMILES string of the molecule is Nc1cc(F)cc(COCC(F)(F)C(F)(F)F)c1. The molecule has 2 N–H and O–H groups in total. The first-order valence-corrected chi connectivity index (χ1v) is 4.69.